The van der Waals surface area contributed by atoms with Crippen LogP contribution >= 0.6 is 0 Å². The summed E-state index contributed by atoms with van der Waals surface area (Å²) in [4.78, 5) is 53.1. The lowest BCUT2D eigenvalue weighted by Crippen LogP contribution is -2.54. The molecule has 1 aromatic carbocycles. The van der Waals surface area contributed by atoms with E-state index in [9.17, 15) is 19.2 Å². The highest BCUT2D eigenvalue weighted by Gasteiger charge is 2.55. The molecule has 0 radical (unpaired) electrons. The van der Waals surface area contributed by atoms with Crippen LogP contribution in [0.5, 0.6) is 0 Å². The normalized spacial score (nSPS) is 23.4. The van der Waals surface area contributed by atoms with E-state index in [2.05, 4.69) is 5.32 Å². The second kappa shape index (κ2) is 9.81. The topological polar surface area (TPSA) is 120 Å². The summed E-state index contributed by atoms with van der Waals surface area (Å²) < 4.78 is 5.27. The van der Waals surface area contributed by atoms with E-state index in [1.165, 1.54) is 11.8 Å². The van der Waals surface area contributed by atoms with Crippen LogP contribution in [0.15, 0.2) is 30.3 Å². The van der Waals surface area contributed by atoms with Gasteiger partial charge >= 0.3 is 12.0 Å². The second-order valence-corrected chi connectivity index (χ2v) is 8.31. The molecule has 3 unspecified atom stereocenters. The number of benzene rings is 1. The molecule has 32 heavy (non-hydrogen) atoms. The third-order valence-corrected chi connectivity index (χ3v) is 6.23. The number of carbonyl (C=O) groups is 4. The summed E-state index contributed by atoms with van der Waals surface area (Å²) in [5.74, 6) is -1.77. The van der Waals surface area contributed by atoms with Gasteiger partial charge < -0.3 is 15.0 Å². The number of hydrogen-bond acceptors (Lipinski definition) is 6. The van der Waals surface area contributed by atoms with Crippen LogP contribution in [-0.4, -0.2) is 53.4 Å². The van der Waals surface area contributed by atoms with Gasteiger partial charge in [0.1, 0.15) is 12.1 Å². The lowest BCUT2D eigenvalue weighted by Gasteiger charge is -2.36. The summed E-state index contributed by atoms with van der Waals surface area (Å²) in [5.41, 5.74) is -0.378. The highest BCUT2D eigenvalue weighted by atomic mass is 16.5. The van der Waals surface area contributed by atoms with Crippen LogP contribution in [0.1, 0.15) is 46.0 Å². The molecule has 0 bridgehead atoms. The van der Waals surface area contributed by atoms with Gasteiger partial charge in [-0.1, -0.05) is 38.0 Å². The van der Waals surface area contributed by atoms with Crippen molar-refractivity contribution in [3.63, 3.8) is 0 Å². The monoisotopic (exact) mass is 440 g/mol. The van der Waals surface area contributed by atoms with Crippen molar-refractivity contribution in [2.45, 2.75) is 57.6 Å². The van der Waals surface area contributed by atoms with Crippen molar-refractivity contribution < 1.29 is 23.9 Å². The molecule has 3 rings (SSSR count). The molecule has 9 heteroatoms. The molecular formula is C23H28N4O5. The molecule has 4 amide bonds. The first-order valence-electron chi connectivity index (χ1n) is 10.9. The average Bonchev–Trinajstić information content (AvgIpc) is 3.01. The van der Waals surface area contributed by atoms with Crippen LogP contribution in [-0.2, 0) is 19.1 Å². The fourth-order valence-corrected chi connectivity index (χ4v) is 4.41. The van der Waals surface area contributed by atoms with Crippen molar-refractivity contribution in [1.29, 1.82) is 5.26 Å². The summed E-state index contributed by atoms with van der Waals surface area (Å²) >= 11 is 0. The summed E-state index contributed by atoms with van der Waals surface area (Å²) in [6, 6.07) is 10.2. The Labute approximate surface area is 187 Å². The highest BCUT2D eigenvalue weighted by molar-refractivity contribution is 6.09. The highest BCUT2D eigenvalue weighted by Crippen LogP contribution is 2.38. The number of hydrogen-bond donors (Lipinski definition) is 1. The molecular weight excluding hydrogens is 412 g/mol. The van der Waals surface area contributed by atoms with Gasteiger partial charge in [-0.2, -0.15) is 5.26 Å². The lowest BCUT2D eigenvalue weighted by molar-refractivity contribution is -0.156. The Bertz CT molecular complexity index is 928. The van der Waals surface area contributed by atoms with E-state index < -0.39 is 42.0 Å². The molecule has 1 aliphatic carbocycles. The zero-order valence-corrected chi connectivity index (χ0v) is 18.4. The lowest BCUT2D eigenvalue weighted by atomic mass is 9.73. The predicted molar refractivity (Wildman–Crippen MR) is 115 cm³/mol. The maximum Gasteiger partial charge on any atom is 0.327 e. The van der Waals surface area contributed by atoms with Gasteiger partial charge in [0.15, 0.2) is 6.10 Å². The zero-order valence-electron chi connectivity index (χ0n) is 18.4. The van der Waals surface area contributed by atoms with Gasteiger partial charge in [-0.3, -0.25) is 19.3 Å². The van der Waals surface area contributed by atoms with E-state index in [0.717, 1.165) is 24.2 Å². The number of anilines is 1. The van der Waals surface area contributed by atoms with Gasteiger partial charge in [0.2, 0.25) is 0 Å². The van der Waals surface area contributed by atoms with Gasteiger partial charge in [0.05, 0.1) is 12.5 Å². The maximum absolute atomic E-state index is 13.0. The standard InChI is InChI=1S/C23H28N4O5/c1-16-9-6-7-12-23(16)21(30)27(22(31)25-23)15-19(28)32-17(2)20(29)26(14-8-13-24)18-10-4-3-5-11-18/h3-5,10-11,16-17H,6-9,12,14-15H2,1-2H3,(H,25,31). The molecule has 1 aromatic rings. The number of nitrogens with zero attached hydrogens (tertiary/aromatic N) is 3. The van der Waals surface area contributed by atoms with E-state index in [1.54, 1.807) is 30.3 Å². The summed E-state index contributed by atoms with van der Waals surface area (Å²) in [6.07, 6.45) is 2.17. The van der Waals surface area contributed by atoms with Crippen LogP contribution in [0.4, 0.5) is 10.5 Å². The molecule has 0 aromatic heterocycles. The SMILES string of the molecule is CC(OC(=O)CN1C(=O)NC2(CCCCC2C)C1=O)C(=O)N(CCC#N)c1ccccc1. The van der Waals surface area contributed by atoms with Crippen LogP contribution in [0.25, 0.3) is 0 Å². The molecule has 1 N–H and O–H groups in total. The fraction of sp³-hybridized carbons (Fsp3) is 0.522. The summed E-state index contributed by atoms with van der Waals surface area (Å²) in [5, 5.41) is 11.7. The molecule has 170 valence electrons. The summed E-state index contributed by atoms with van der Waals surface area (Å²) in [7, 11) is 0. The minimum atomic E-state index is -1.15. The van der Waals surface area contributed by atoms with Crippen LogP contribution < -0.4 is 10.2 Å². The number of para-hydroxylation sites is 1. The first kappa shape index (κ1) is 23.3. The molecule has 1 aliphatic heterocycles. The van der Waals surface area contributed by atoms with E-state index in [-0.39, 0.29) is 18.9 Å². The van der Waals surface area contributed by atoms with Gasteiger partial charge in [-0.25, -0.2) is 4.79 Å². The zero-order chi connectivity index (χ0) is 23.3. The number of urea groups is 1. The molecule has 1 spiro atoms. The number of ether oxygens (including phenoxy) is 1. The Morgan fingerprint density at radius 3 is 2.69 bits per heavy atom. The van der Waals surface area contributed by atoms with Gasteiger partial charge in [0, 0.05) is 12.2 Å². The van der Waals surface area contributed by atoms with Gasteiger partial charge in [0.25, 0.3) is 11.8 Å². The van der Waals surface area contributed by atoms with E-state index in [4.69, 9.17) is 10.00 Å². The Balaban J connectivity index is 1.65. The van der Waals surface area contributed by atoms with Crippen molar-refractivity contribution in [1.82, 2.24) is 10.2 Å². The first-order chi connectivity index (χ1) is 15.3. The molecule has 1 saturated heterocycles. The third-order valence-electron chi connectivity index (χ3n) is 6.23. The molecule has 9 nitrogen and oxygen atoms in total. The number of rotatable bonds is 7. The Morgan fingerprint density at radius 1 is 1.31 bits per heavy atom. The van der Waals surface area contributed by atoms with Crippen molar-refractivity contribution in [2.24, 2.45) is 5.92 Å². The number of esters is 1. The van der Waals surface area contributed by atoms with Crippen molar-refractivity contribution in [3.05, 3.63) is 30.3 Å². The summed E-state index contributed by atoms with van der Waals surface area (Å²) in [6.45, 7) is 2.95. The third kappa shape index (κ3) is 4.59. The smallest absolute Gasteiger partial charge is 0.327 e. The minimum Gasteiger partial charge on any atom is -0.451 e. The molecule has 2 fully saturated rings. The van der Waals surface area contributed by atoms with Crippen LogP contribution in [0.2, 0.25) is 0 Å². The Morgan fingerprint density at radius 2 is 2.03 bits per heavy atom. The Hall–Kier alpha value is -3.41. The molecule has 1 heterocycles. The van der Waals surface area contributed by atoms with Crippen molar-refractivity contribution >= 4 is 29.5 Å². The molecule has 2 aliphatic rings. The van der Waals surface area contributed by atoms with Crippen LogP contribution in [0.3, 0.4) is 0 Å². The predicted octanol–water partition coefficient (Wildman–Crippen LogP) is 2.37. The second-order valence-electron chi connectivity index (χ2n) is 8.31. The van der Waals surface area contributed by atoms with E-state index >= 15 is 0 Å². The number of amides is 4. The van der Waals surface area contributed by atoms with Crippen molar-refractivity contribution in [3.8, 4) is 6.07 Å². The molecule has 3 atom stereocenters. The number of nitrogens with one attached hydrogen (secondary N) is 1. The van der Waals surface area contributed by atoms with E-state index in [0.29, 0.717) is 12.1 Å². The quantitative estimate of drug-likeness (QED) is 0.513. The van der Waals surface area contributed by atoms with Crippen molar-refractivity contribution in [2.75, 3.05) is 18.0 Å². The average molecular weight is 441 g/mol. The molecule has 1 saturated carbocycles. The largest absolute Gasteiger partial charge is 0.451 e. The van der Waals surface area contributed by atoms with E-state index in [1.807, 2.05) is 13.0 Å². The number of imide groups is 1. The first-order valence-corrected chi connectivity index (χ1v) is 10.9. The van der Waals surface area contributed by atoms with Crippen LogP contribution in [0, 0.1) is 17.2 Å². The minimum absolute atomic E-state index is 0.0196. The maximum atomic E-state index is 13.0. The fourth-order valence-electron chi connectivity index (χ4n) is 4.41. The Kier molecular flexibility index (Phi) is 7.13. The number of carbonyl (C=O) groups excluding carboxylic acids is 4. The van der Waals surface area contributed by atoms with Gasteiger partial charge in [-0.05, 0) is 37.8 Å². The number of nitriles is 1. The van der Waals surface area contributed by atoms with Gasteiger partial charge in [-0.15, -0.1) is 0 Å².